The average molecular weight is 396 g/mol. The molecule has 0 aliphatic carbocycles. The van der Waals surface area contributed by atoms with Gasteiger partial charge < -0.3 is 20.3 Å². The lowest BCUT2D eigenvalue weighted by Crippen LogP contribution is -1.84. The molecular formula is C25H20N2O3. The summed E-state index contributed by atoms with van der Waals surface area (Å²) in [5.74, 6) is 2.36. The number of allylic oxidation sites excluding steroid dienone is 2. The van der Waals surface area contributed by atoms with Crippen molar-refractivity contribution >= 4 is 29.3 Å². The quantitative estimate of drug-likeness (QED) is 0.323. The molecule has 0 radical (unpaired) electrons. The van der Waals surface area contributed by atoms with Gasteiger partial charge in [0.15, 0.2) is 5.78 Å². The molecule has 4 N–H and O–H groups in total. The summed E-state index contributed by atoms with van der Waals surface area (Å²) in [6.07, 6.45) is 6.14. The zero-order valence-electron chi connectivity index (χ0n) is 16.1. The van der Waals surface area contributed by atoms with E-state index in [0.29, 0.717) is 34.4 Å². The van der Waals surface area contributed by atoms with Crippen molar-refractivity contribution in [2.24, 2.45) is 0 Å². The third-order valence-corrected chi connectivity index (χ3v) is 4.42. The van der Waals surface area contributed by atoms with E-state index in [0.717, 1.165) is 11.1 Å². The van der Waals surface area contributed by atoms with Gasteiger partial charge in [0.2, 0.25) is 0 Å². The van der Waals surface area contributed by atoms with E-state index in [2.05, 4.69) is 0 Å². The Balaban J connectivity index is 1.40. The average Bonchev–Trinajstić information content (AvgIpc) is 3.41. The second kappa shape index (κ2) is 8.41. The molecule has 0 saturated carbocycles. The Labute approximate surface area is 173 Å². The summed E-state index contributed by atoms with van der Waals surface area (Å²) in [4.78, 5) is 12.1. The van der Waals surface area contributed by atoms with Gasteiger partial charge in [0.25, 0.3) is 0 Å². The number of anilines is 2. The molecule has 0 unspecified atom stereocenters. The van der Waals surface area contributed by atoms with Crippen LogP contribution in [0, 0.1) is 0 Å². The molecule has 4 rings (SSSR count). The number of ketones is 1. The first kappa shape index (κ1) is 19.1. The number of hydrogen-bond donors (Lipinski definition) is 2. The number of nitrogens with two attached hydrogens (primary N) is 2. The van der Waals surface area contributed by atoms with Crippen LogP contribution in [0.2, 0.25) is 0 Å². The third-order valence-electron chi connectivity index (χ3n) is 4.42. The van der Waals surface area contributed by atoms with Crippen molar-refractivity contribution in [1.82, 2.24) is 0 Å². The minimum Gasteiger partial charge on any atom is -0.457 e. The van der Waals surface area contributed by atoms with Crippen molar-refractivity contribution in [2.45, 2.75) is 0 Å². The van der Waals surface area contributed by atoms with Crippen LogP contribution in [0.5, 0.6) is 0 Å². The predicted molar refractivity (Wildman–Crippen MR) is 120 cm³/mol. The largest absolute Gasteiger partial charge is 0.457 e. The van der Waals surface area contributed by atoms with Gasteiger partial charge in [-0.3, -0.25) is 4.79 Å². The molecule has 0 atom stereocenters. The molecule has 148 valence electrons. The fourth-order valence-electron chi connectivity index (χ4n) is 2.96. The van der Waals surface area contributed by atoms with Gasteiger partial charge in [-0.05, 0) is 72.8 Å². The summed E-state index contributed by atoms with van der Waals surface area (Å²) >= 11 is 0. The minimum absolute atomic E-state index is 0.182. The molecule has 0 saturated heterocycles. The first-order valence-corrected chi connectivity index (χ1v) is 9.38. The molecular weight excluding hydrogens is 376 g/mol. The number of carbonyl (C=O) groups is 1. The van der Waals surface area contributed by atoms with Crippen LogP contribution in [0.15, 0.2) is 93.8 Å². The number of carbonyl (C=O) groups excluding carboxylic acids is 1. The Bertz CT molecular complexity index is 1150. The first-order valence-electron chi connectivity index (χ1n) is 9.38. The molecule has 0 amide bonds. The highest BCUT2D eigenvalue weighted by Crippen LogP contribution is 2.25. The van der Waals surface area contributed by atoms with Crippen LogP contribution in [-0.2, 0) is 4.79 Å². The minimum atomic E-state index is -0.182. The van der Waals surface area contributed by atoms with Gasteiger partial charge in [-0.25, -0.2) is 0 Å². The molecule has 2 heterocycles. The molecule has 0 bridgehead atoms. The lowest BCUT2D eigenvalue weighted by Gasteiger charge is -1.98. The predicted octanol–water partition coefficient (Wildman–Crippen LogP) is 5.67. The van der Waals surface area contributed by atoms with Crippen molar-refractivity contribution in [3.05, 3.63) is 96.5 Å². The number of rotatable bonds is 6. The van der Waals surface area contributed by atoms with Crippen molar-refractivity contribution in [1.29, 1.82) is 0 Å². The van der Waals surface area contributed by atoms with E-state index in [-0.39, 0.29) is 5.78 Å². The third kappa shape index (κ3) is 4.59. The van der Waals surface area contributed by atoms with E-state index >= 15 is 0 Å². The van der Waals surface area contributed by atoms with Crippen LogP contribution in [0.4, 0.5) is 11.4 Å². The maximum absolute atomic E-state index is 12.1. The first-order chi connectivity index (χ1) is 14.6. The maximum atomic E-state index is 12.1. The lowest BCUT2D eigenvalue weighted by atomic mass is 10.1. The van der Waals surface area contributed by atoms with Crippen molar-refractivity contribution in [3.8, 4) is 22.6 Å². The highest BCUT2D eigenvalue weighted by Gasteiger charge is 2.05. The highest BCUT2D eigenvalue weighted by molar-refractivity contribution is 6.04. The molecule has 0 aliphatic rings. The number of hydrogen-bond acceptors (Lipinski definition) is 5. The van der Waals surface area contributed by atoms with E-state index < -0.39 is 0 Å². The van der Waals surface area contributed by atoms with Gasteiger partial charge in [0.1, 0.15) is 23.0 Å². The zero-order chi connectivity index (χ0) is 20.9. The second-order valence-electron chi connectivity index (χ2n) is 6.72. The maximum Gasteiger partial charge on any atom is 0.178 e. The molecule has 0 fully saturated rings. The van der Waals surface area contributed by atoms with Crippen LogP contribution in [0.3, 0.4) is 0 Å². The van der Waals surface area contributed by atoms with Crippen LogP contribution < -0.4 is 11.5 Å². The van der Waals surface area contributed by atoms with Crippen molar-refractivity contribution in [3.63, 3.8) is 0 Å². The molecule has 2 aromatic carbocycles. The normalized spacial score (nSPS) is 11.5. The van der Waals surface area contributed by atoms with Gasteiger partial charge in [0.05, 0.1) is 0 Å². The summed E-state index contributed by atoms with van der Waals surface area (Å²) in [6.45, 7) is 0. The Morgan fingerprint density at radius 1 is 0.667 bits per heavy atom. The molecule has 0 aliphatic heterocycles. The fraction of sp³-hybridized carbons (Fsp3) is 0. The van der Waals surface area contributed by atoms with Crippen LogP contribution in [0.1, 0.15) is 11.5 Å². The van der Waals surface area contributed by atoms with Gasteiger partial charge in [0, 0.05) is 22.5 Å². The van der Waals surface area contributed by atoms with Crippen LogP contribution >= 0.6 is 0 Å². The van der Waals surface area contributed by atoms with E-state index in [4.69, 9.17) is 20.3 Å². The number of furan rings is 2. The standard InChI is InChI=1S/C25H20N2O3/c26-19-5-1-3-17(15-19)24-13-11-22(29-24)9-7-21(28)8-10-23-12-14-25(30-23)18-4-2-6-20(27)16-18/h1-16H,26-27H2/b9-7+,10-8+. The Kier molecular flexibility index (Phi) is 5.35. The summed E-state index contributed by atoms with van der Waals surface area (Å²) in [7, 11) is 0. The molecule has 2 aromatic heterocycles. The van der Waals surface area contributed by atoms with Gasteiger partial charge >= 0.3 is 0 Å². The topological polar surface area (TPSA) is 95.4 Å². The molecule has 0 spiro atoms. The summed E-state index contributed by atoms with van der Waals surface area (Å²) in [6, 6.07) is 22.1. The summed E-state index contributed by atoms with van der Waals surface area (Å²) in [5, 5.41) is 0. The Hall–Kier alpha value is -4.25. The van der Waals surface area contributed by atoms with Gasteiger partial charge in [-0.1, -0.05) is 24.3 Å². The number of benzene rings is 2. The lowest BCUT2D eigenvalue weighted by molar-refractivity contribution is -0.110. The van der Waals surface area contributed by atoms with E-state index in [1.165, 1.54) is 12.2 Å². The van der Waals surface area contributed by atoms with Crippen LogP contribution in [-0.4, -0.2) is 5.78 Å². The van der Waals surface area contributed by atoms with E-state index in [1.54, 1.807) is 24.3 Å². The number of nitrogen functional groups attached to an aromatic ring is 2. The SMILES string of the molecule is Nc1cccc(-c2ccc(/C=C/C(=O)/C=C/c3ccc(-c4cccc(N)c4)o3)o2)c1. The van der Waals surface area contributed by atoms with Crippen molar-refractivity contribution < 1.29 is 13.6 Å². The van der Waals surface area contributed by atoms with E-state index in [1.807, 2.05) is 60.7 Å². The molecule has 30 heavy (non-hydrogen) atoms. The Morgan fingerprint density at radius 3 is 1.57 bits per heavy atom. The summed E-state index contributed by atoms with van der Waals surface area (Å²) < 4.78 is 11.5. The second-order valence-corrected chi connectivity index (χ2v) is 6.72. The monoisotopic (exact) mass is 396 g/mol. The zero-order valence-corrected chi connectivity index (χ0v) is 16.1. The van der Waals surface area contributed by atoms with Crippen LogP contribution in [0.25, 0.3) is 34.8 Å². The van der Waals surface area contributed by atoms with E-state index in [9.17, 15) is 4.79 Å². The highest BCUT2D eigenvalue weighted by atomic mass is 16.3. The fourth-order valence-corrected chi connectivity index (χ4v) is 2.96. The molecule has 4 aromatic rings. The van der Waals surface area contributed by atoms with Gasteiger partial charge in [-0.15, -0.1) is 0 Å². The Morgan fingerprint density at radius 2 is 1.13 bits per heavy atom. The smallest absolute Gasteiger partial charge is 0.178 e. The molecule has 5 nitrogen and oxygen atoms in total. The summed E-state index contributed by atoms with van der Waals surface area (Å²) in [5.41, 5.74) is 14.7. The van der Waals surface area contributed by atoms with Crippen molar-refractivity contribution in [2.75, 3.05) is 11.5 Å². The molecule has 5 heteroatoms. The van der Waals surface area contributed by atoms with Gasteiger partial charge in [-0.2, -0.15) is 0 Å².